The van der Waals surface area contributed by atoms with E-state index in [1.807, 2.05) is 52.3 Å². The van der Waals surface area contributed by atoms with Crippen LogP contribution in [0, 0.1) is 0 Å². The highest BCUT2D eigenvalue weighted by Gasteiger charge is 2.37. The van der Waals surface area contributed by atoms with Crippen LogP contribution < -0.4 is 20.5 Å². The number of methoxy groups -OCH3 is 1. The fraction of sp³-hybridized carbons (Fsp3) is 0.462. The van der Waals surface area contributed by atoms with Crippen molar-refractivity contribution in [3.63, 3.8) is 0 Å². The van der Waals surface area contributed by atoms with Gasteiger partial charge in [0.2, 0.25) is 5.91 Å². The van der Waals surface area contributed by atoms with E-state index < -0.39 is 5.91 Å². The van der Waals surface area contributed by atoms with Gasteiger partial charge >= 0.3 is 6.03 Å². The van der Waals surface area contributed by atoms with Gasteiger partial charge in [0.05, 0.1) is 26.0 Å². The Morgan fingerprint density at radius 3 is 2.61 bits per heavy atom. The zero-order valence-electron chi connectivity index (χ0n) is 20.7. The van der Waals surface area contributed by atoms with E-state index in [0.29, 0.717) is 64.0 Å². The fourth-order valence-corrected chi connectivity index (χ4v) is 4.76. The van der Waals surface area contributed by atoms with Crippen molar-refractivity contribution >= 4 is 17.9 Å². The Morgan fingerprint density at radius 1 is 1.06 bits per heavy atom. The van der Waals surface area contributed by atoms with Crippen molar-refractivity contribution in [3.05, 3.63) is 53.6 Å². The lowest BCUT2D eigenvalue weighted by atomic mass is 10.1. The van der Waals surface area contributed by atoms with E-state index in [9.17, 15) is 4.79 Å². The fourth-order valence-electron chi connectivity index (χ4n) is 4.76. The molecule has 0 spiro atoms. The number of nitrogens with zero attached hydrogens (tertiary/aromatic N) is 4. The normalized spacial score (nSPS) is 22.4. The first-order chi connectivity index (χ1) is 17.6. The molecule has 0 radical (unpaired) electrons. The number of nitrogens with two attached hydrogens (primary N) is 1. The van der Waals surface area contributed by atoms with Crippen LogP contribution >= 0.6 is 0 Å². The first-order valence-corrected chi connectivity index (χ1v) is 12.4. The Balaban J connectivity index is 1.26. The molecule has 10 nitrogen and oxygen atoms in total. The van der Waals surface area contributed by atoms with Gasteiger partial charge in [0, 0.05) is 57.1 Å². The molecule has 0 bridgehead atoms. The molecule has 2 aromatic carbocycles. The highest BCUT2D eigenvalue weighted by atomic mass is 16.5. The van der Waals surface area contributed by atoms with Gasteiger partial charge in [0.25, 0.3) is 0 Å². The van der Waals surface area contributed by atoms with Gasteiger partial charge in [-0.05, 0) is 18.1 Å². The van der Waals surface area contributed by atoms with Gasteiger partial charge in [0.15, 0.2) is 11.5 Å². The first-order valence-electron chi connectivity index (χ1n) is 12.4. The molecule has 3 heterocycles. The third-order valence-electron chi connectivity index (χ3n) is 6.82. The summed E-state index contributed by atoms with van der Waals surface area (Å²) in [6, 6.07) is 13.9. The number of ether oxygens (including phenoxy) is 3. The minimum atomic E-state index is -1.11. The van der Waals surface area contributed by atoms with Gasteiger partial charge in [0.1, 0.15) is 6.61 Å². The van der Waals surface area contributed by atoms with Crippen LogP contribution in [-0.4, -0.2) is 92.4 Å². The highest BCUT2D eigenvalue weighted by Crippen LogP contribution is 2.36. The summed E-state index contributed by atoms with van der Waals surface area (Å²) in [5.74, 6) is 0.153. The monoisotopic (exact) mass is 494 g/mol. The molecule has 3 aliphatic heterocycles. The molecule has 3 N–H and O–H groups in total. The van der Waals surface area contributed by atoms with E-state index in [2.05, 4.69) is 15.2 Å². The van der Waals surface area contributed by atoms with Crippen LogP contribution in [0.4, 0.5) is 10.5 Å². The van der Waals surface area contributed by atoms with Crippen molar-refractivity contribution in [3.8, 4) is 11.5 Å². The summed E-state index contributed by atoms with van der Waals surface area (Å²) >= 11 is 0. The molecule has 10 heteroatoms. The van der Waals surface area contributed by atoms with E-state index in [4.69, 9.17) is 19.9 Å². The summed E-state index contributed by atoms with van der Waals surface area (Å²) in [5, 5.41) is 3.39. The van der Waals surface area contributed by atoms with Crippen LogP contribution in [-0.2, 0) is 11.3 Å². The average molecular weight is 495 g/mol. The molecule has 36 heavy (non-hydrogen) atoms. The summed E-state index contributed by atoms with van der Waals surface area (Å²) in [6.45, 7) is 5.53. The lowest BCUT2D eigenvalue weighted by molar-refractivity contribution is 0.0432. The Bertz CT molecular complexity index is 1090. The molecule has 2 amide bonds. The van der Waals surface area contributed by atoms with E-state index in [0.717, 1.165) is 29.8 Å². The predicted molar refractivity (Wildman–Crippen MR) is 137 cm³/mol. The Morgan fingerprint density at radius 2 is 1.83 bits per heavy atom. The predicted octanol–water partition coefficient (Wildman–Crippen LogP) is 2.15. The van der Waals surface area contributed by atoms with Gasteiger partial charge in [-0.2, -0.15) is 0 Å². The molecule has 0 aromatic heterocycles. The molecule has 5 rings (SSSR count). The largest absolute Gasteiger partial charge is 0.493 e. The molecule has 2 fully saturated rings. The maximum absolute atomic E-state index is 13.0. The van der Waals surface area contributed by atoms with E-state index in [1.54, 1.807) is 13.3 Å². The summed E-state index contributed by atoms with van der Waals surface area (Å²) in [6.07, 6.45) is 2.59. The van der Waals surface area contributed by atoms with Crippen molar-refractivity contribution in [2.45, 2.75) is 18.9 Å². The van der Waals surface area contributed by atoms with Crippen LogP contribution in [0.2, 0.25) is 0 Å². The summed E-state index contributed by atoms with van der Waals surface area (Å²) in [4.78, 5) is 23.5. The molecular formula is C26H34N6O4. The highest BCUT2D eigenvalue weighted by molar-refractivity contribution is 5.91. The molecule has 1 atom stereocenters. The number of carbonyl (C=O) groups excluding carboxylic acids is 1. The van der Waals surface area contributed by atoms with Crippen molar-refractivity contribution in [1.82, 2.24) is 14.7 Å². The number of fused-ring (bicyclic) bond motifs is 1. The summed E-state index contributed by atoms with van der Waals surface area (Å²) in [5.41, 5.74) is 9.53. The van der Waals surface area contributed by atoms with Crippen molar-refractivity contribution in [2.24, 2.45) is 10.7 Å². The van der Waals surface area contributed by atoms with Gasteiger partial charge in [-0.3, -0.25) is 5.73 Å². The SMILES string of the molecule is COc1cc2c(cc1OCc1ccccc1)C=NC(N)(N1CCCN(C(=O)N3CCOCC3)CC1)N2. The van der Waals surface area contributed by atoms with Crippen LogP contribution in [0.5, 0.6) is 11.5 Å². The quantitative estimate of drug-likeness (QED) is 0.656. The number of morpholine rings is 1. The molecule has 192 valence electrons. The molecule has 2 aromatic rings. The number of rotatable bonds is 5. The number of hydrogen-bond donors (Lipinski definition) is 2. The maximum atomic E-state index is 13.0. The lowest BCUT2D eigenvalue weighted by Gasteiger charge is -2.40. The van der Waals surface area contributed by atoms with Crippen molar-refractivity contribution in [2.75, 3.05) is 64.9 Å². The second-order valence-corrected chi connectivity index (χ2v) is 9.18. The number of urea groups is 1. The Hall–Kier alpha value is -3.34. The van der Waals surface area contributed by atoms with Gasteiger partial charge in [-0.25, -0.2) is 14.7 Å². The maximum Gasteiger partial charge on any atom is 0.320 e. The summed E-state index contributed by atoms with van der Waals surface area (Å²) in [7, 11) is 1.62. The molecular weight excluding hydrogens is 460 g/mol. The average Bonchev–Trinajstić information content (AvgIpc) is 3.19. The van der Waals surface area contributed by atoms with Crippen LogP contribution in [0.1, 0.15) is 17.5 Å². The third-order valence-corrected chi connectivity index (χ3v) is 6.82. The number of hydrogen-bond acceptors (Lipinski definition) is 8. The second-order valence-electron chi connectivity index (χ2n) is 9.18. The number of benzene rings is 2. The molecule has 2 saturated heterocycles. The zero-order valence-corrected chi connectivity index (χ0v) is 20.7. The smallest absolute Gasteiger partial charge is 0.320 e. The summed E-state index contributed by atoms with van der Waals surface area (Å²) < 4.78 is 17.0. The molecule has 0 saturated carbocycles. The van der Waals surface area contributed by atoms with Gasteiger partial charge in [-0.15, -0.1) is 0 Å². The second kappa shape index (κ2) is 10.7. The van der Waals surface area contributed by atoms with Crippen LogP contribution in [0.25, 0.3) is 0 Å². The lowest BCUT2D eigenvalue weighted by Crippen LogP contribution is -2.62. The Kier molecular flexibility index (Phi) is 7.26. The molecule has 1 unspecified atom stereocenters. The van der Waals surface area contributed by atoms with Crippen LogP contribution in [0.15, 0.2) is 47.5 Å². The zero-order chi connectivity index (χ0) is 25.0. The van der Waals surface area contributed by atoms with Crippen molar-refractivity contribution < 1.29 is 19.0 Å². The minimum absolute atomic E-state index is 0.0736. The van der Waals surface area contributed by atoms with Crippen LogP contribution in [0.3, 0.4) is 0 Å². The first kappa shape index (κ1) is 24.4. The number of nitrogens with one attached hydrogen (secondary N) is 1. The Labute approximate surface area is 211 Å². The topological polar surface area (TPSA) is 105 Å². The number of amides is 2. The van der Waals surface area contributed by atoms with E-state index in [-0.39, 0.29) is 6.03 Å². The number of anilines is 1. The molecule has 0 aliphatic carbocycles. The van der Waals surface area contributed by atoms with Gasteiger partial charge < -0.3 is 29.3 Å². The standard InChI is InChI=1S/C26H34N6O4/c1-34-23-17-22-21(16-24(23)36-19-20-6-3-2-4-7-20)18-28-26(27,29-22)32-9-5-8-30(10-11-32)25(33)31-12-14-35-15-13-31/h2-4,6-7,16-18,29H,5,8-15,19,27H2,1H3. The number of carbonyl (C=O) groups is 1. The number of aliphatic imine (C=N–C) groups is 1. The third kappa shape index (κ3) is 5.25. The van der Waals surface area contributed by atoms with E-state index >= 15 is 0 Å². The minimum Gasteiger partial charge on any atom is -0.493 e. The van der Waals surface area contributed by atoms with Gasteiger partial charge in [-0.1, -0.05) is 30.3 Å². The van der Waals surface area contributed by atoms with Crippen molar-refractivity contribution in [1.29, 1.82) is 0 Å². The molecule has 3 aliphatic rings. The van der Waals surface area contributed by atoms with E-state index in [1.165, 1.54) is 0 Å².